The summed E-state index contributed by atoms with van der Waals surface area (Å²) in [5.74, 6) is 0.605. The predicted octanol–water partition coefficient (Wildman–Crippen LogP) is 1.69. The van der Waals surface area contributed by atoms with Crippen LogP contribution >= 0.6 is 0 Å². The van der Waals surface area contributed by atoms with Crippen molar-refractivity contribution in [3.63, 3.8) is 0 Å². The molecule has 5 nitrogen and oxygen atoms in total. The molecule has 1 atom stereocenters. The number of likely N-dealkylation sites (tertiary alicyclic amines) is 1. The van der Waals surface area contributed by atoms with Gasteiger partial charge in [-0.25, -0.2) is 4.68 Å². The Morgan fingerprint density at radius 1 is 1.39 bits per heavy atom. The molecular formula is C13H25N5. The van der Waals surface area contributed by atoms with Gasteiger partial charge in [-0.2, -0.15) is 0 Å². The molecule has 0 aliphatic carbocycles. The summed E-state index contributed by atoms with van der Waals surface area (Å²) in [6.07, 6.45) is 7.21. The molecule has 1 aromatic rings. The molecular weight excluding hydrogens is 226 g/mol. The topological polar surface area (TPSA) is 60.0 Å². The molecule has 0 amide bonds. The molecule has 5 heteroatoms. The van der Waals surface area contributed by atoms with E-state index >= 15 is 0 Å². The standard InChI is InChI=1S/C13H25N5/c1-3-6-12-13(14)15-16-18(12)10-8-11-7-4-5-9-17(11)2/h11H,3-10,14H2,1-2H3. The lowest BCUT2D eigenvalue weighted by atomic mass is 10.0. The normalized spacial score (nSPS) is 21.3. The highest BCUT2D eigenvalue weighted by atomic mass is 15.4. The molecule has 0 aromatic carbocycles. The molecule has 18 heavy (non-hydrogen) atoms. The average Bonchev–Trinajstić information content (AvgIpc) is 2.71. The zero-order valence-corrected chi connectivity index (χ0v) is 11.6. The highest BCUT2D eigenvalue weighted by Crippen LogP contribution is 2.19. The SMILES string of the molecule is CCCc1c(N)nnn1CCC1CCCCN1C. The molecule has 1 aromatic heterocycles. The number of hydrogen-bond acceptors (Lipinski definition) is 4. The summed E-state index contributed by atoms with van der Waals surface area (Å²) in [5.41, 5.74) is 6.97. The fourth-order valence-electron chi connectivity index (χ4n) is 2.80. The number of hydrogen-bond donors (Lipinski definition) is 1. The van der Waals surface area contributed by atoms with Crippen LogP contribution in [0, 0.1) is 0 Å². The molecule has 1 aliphatic heterocycles. The summed E-state index contributed by atoms with van der Waals surface area (Å²) in [5, 5.41) is 8.16. The third-order valence-electron chi connectivity index (χ3n) is 3.95. The number of anilines is 1. The second kappa shape index (κ2) is 6.18. The zero-order chi connectivity index (χ0) is 13.0. The van der Waals surface area contributed by atoms with Crippen molar-refractivity contribution in [2.24, 2.45) is 0 Å². The van der Waals surface area contributed by atoms with E-state index in [-0.39, 0.29) is 0 Å². The van der Waals surface area contributed by atoms with Crippen molar-refractivity contribution in [1.29, 1.82) is 0 Å². The van der Waals surface area contributed by atoms with Crippen LogP contribution in [-0.4, -0.2) is 39.5 Å². The van der Waals surface area contributed by atoms with E-state index < -0.39 is 0 Å². The largest absolute Gasteiger partial charge is 0.381 e. The Labute approximate surface area is 109 Å². The molecule has 0 saturated carbocycles. The van der Waals surface area contributed by atoms with Gasteiger partial charge in [0.25, 0.3) is 0 Å². The summed E-state index contributed by atoms with van der Waals surface area (Å²) in [7, 11) is 2.23. The van der Waals surface area contributed by atoms with Gasteiger partial charge in [0.15, 0.2) is 5.82 Å². The first-order valence-corrected chi connectivity index (χ1v) is 7.10. The summed E-state index contributed by atoms with van der Waals surface area (Å²) in [6.45, 7) is 4.33. The van der Waals surface area contributed by atoms with E-state index in [1.807, 2.05) is 4.68 Å². The van der Waals surface area contributed by atoms with Crippen molar-refractivity contribution in [1.82, 2.24) is 19.9 Å². The minimum absolute atomic E-state index is 0.605. The minimum Gasteiger partial charge on any atom is -0.381 e. The first-order chi connectivity index (χ1) is 8.72. The van der Waals surface area contributed by atoms with Gasteiger partial charge in [0.1, 0.15) is 0 Å². The zero-order valence-electron chi connectivity index (χ0n) is 11.6. The summed E-state index contributed by atoms with van der Waals surface area (Å²) in [4.78, 5) is 2.48. The Kier molecular flexibility index (Phi) is 4.58. The maximum atomic E-state index is 5.86. The molecule has 1 saturated heterocycles. The smallest absolute Gasteiger partial charge is 0.169 e. The first-order valence-electron chi connectivity index (χ1n) is 7.10. The number of piperidine rings is 1. The predicted molar refractivity (Wildman–Crippen MR) is 73.3 cm³/mol. The number of rotatable bonds is 5. The quantitative estimate of drug-likeness (QED) is 0.865. The van der Waals surface area contributed by atoms with Crippen LogP contribution in [0.4, 0.5) is 5.82 Å². The molecule has 1 fully saturated rings. The van der Waals surface area contributed by atoms with Gasteiger partial charge in [-0.3, -0.25) is 0 Å². The fraction of sp³-hybridized carbons (Fsp3) is 0.846. The molecule has 2 N–H and O–H groups in total. The van der Waals surface area contributed by atoms with Crippen molar-refractivity contribution >= 4 is 5.82 Å². The van der Waals surface area contributed by atoms with E-state index in [1.165, 1.54) is 25.8 Å². The van der Waals surface area contributed by atoms with E-state index in [0.717, 1.165) is 31.5 Å². The number of nitrogens with zero attached hydrogens (tertiary/aromatic N) is 4. The van der Waals surface area contributed by atoms with Crippen LogP contribution in [0.15, 0.2) is 0 Å². The van der Waals surface area contributed by atoms with Crippen LogP contribution in [-0.2, 0) is 13.0 Å². The fourth-order valence-corrected chi connectivity index (χ4v) is 2.80. The van der Waals surface area contributed by atoms with Gasteiger partial charge in [0.2, 0.25) is 0 Å². The highest BCUT2D eigenvalue weighted by molar-refractivity contribution is 5.32. The molecule has 0 bridgehead atoms. The van der Waals surface area contributed by atoms with Crippen molar-refractivity contribution in [3.05, 3.63) is 5.69 Å². The molecule has 0 radical (unpaired) electrons. The Morgan fingerprint density at radius 2 is 2.22 bits per heavy atom. The second-order valence-electron chi connectivity index (χ2n) is 5.31. The molecule has 1 unspecified atom stereocenters. The summed E-state index contributed by atoms with van der Waals surface area (Å²) < 4.78 is 2.00. The molecule has 102 valence electrons. The average molecular weight is 251 g/mol. The number of aromatic nitrogens is 3. The van der Waals surface area contributed by atoms with Gasteiger partial charge in [-0.1, -0.05) is 25.0 Å². The Balaban J connectivity index is 1.93. The molecule has 0 spiro atoms. The lowest BCUT2D eigenvalue weighted by molar-refractivity contribution is 0.169. The van der Waals surface area contributed by atoms with Gasteiger partial charge >= 0.3 is 0 Å². The van der Waals surface area contributed by atoms with Crippen LogP contribution in [0.1, 0.15) is 44.7 Å². The minimum atomic E-state index is 0.605. The lowest BCUT2D eigenvalue weighted by Crippen LogP contribution is -2.37. The highest BCUT2D eigenvalue weighted by Gasteiger charge is 2.19. The van der Waals surface area contributed by atoms with Crippen LogP contribution in [0.2, 0.25) is 0 Å². The third kappa shape index (κ3) is 3.02. The van der Waals surface area contributed by atoms with Gasteiger partial charge in [-0.05, 0) is 39.3 Å². The van der Waals surface area contributed by atoms with Gasteiger partial charge in [0, 0.05) is 12.6 Å². The van der Waals surface area contributed by atoms with E-state index in [0.29, 0.717) is 11.9 Å². The lowest BCUT2D eigenvalue weighted by Gasteiger charge is -2.32. The van der Waals surface area contributed by atoms with Crippen molar-refractivity contribution in [2.45, 2.75) is 58.0 Å². The second-order valence-corrected chi connectivity index (χ2v) is 5.31. The summed E-state index contributed by atoms with van der Waals surface area (Å²) in [6, 6.07) is 0.693. The summed E-state index contributed by atoms with van der Waals surface area (Å²) >= 11 is 0. The van der Waals surface area contributed by atoms with Crippen LogP contribution in [0.25, 0.3) is 0 Å². The molecule has 2 rings (SSSR count). The van der Waals surface area contributed by atoms with E-state index in [1.54, 1.807) is 0 Å². The van der Waals surface area contributed by atoms with Crippen LogP contribution < -0.4 is 5.73 Å². The van der Waals surface area contributed by atoms with E-state index in [9.17, 15) is 0 Å². The van der Waals surface area contributed by atoms with Crippen molar-refractivity contribution in [3.8, 4) is 0 Å². The Hall–Kier alpha value is -1.10. The van der Waals surface area contributed by atoms with Gasteiger partial charge in [-0.15, -0.1) is 5.10 Å². The van der Waals surface area contributed by atoms with Crippen molar-refractivity contribution < 1.29 is 0 Å². The number of nitrogens with two attached hydrogens (primary N) is 1. The maximum Gasteiger partial charge on any atom is 0.169 e. The van der Waals surface area contributed by atoms with Gasteiger partial charge in [0.05, 0.1) is 5.69 Å². The monoisotopic (exact) mass is 251 g/mol. The van der Waals surface area contributed by atoms with E-state index in [2.05, 4.69) is 29.2 Å². The Morgan fingerprint density at radius 3 is 2.94 bits per heavy atom. The maximum absolute atomic E-state index is 5.86. The van der Waals surface area contributed by atoms with Crippen LogP contribution in [0.3, 0.4) is 0 Å². The molecule has 1 aliphatic rings. The third-order valence-corrected chi connectivity index (χ3v) is 3.95. The Bertz CT molecular complexity index is 373. The van der Waals surface area contributed by atoms with Gasteiger partial charge < -0.3 is 10.6 Å². The number of aryl methyl sites for hydroxylation is 1. The van der Waals surface area contributed by atoms with E-state index in [4.69, 9.17) is 5.73 Å². The first kappa shape index (κ1) is 13.3. The molecule has 2 heterocycles. The van der Waals surface area contributed by atoms with Crippen molar-refractivity contribution in [2.75, 3.05) is 19.3 Å². The van der Waals surface area contributed by atoms with Crippen LogP contribution in [0.5, 0.6) is 0 Å². The number of nitrogen functional groups attached to an aromatic ring is 1.